The average molecular weight is 266 g/mol. The topological polar surface area (TPSA) is 49.4 Å². The Kier molecular flexibility index (Phi) is 4.75. The SMILES string of the molecule is O=C(CN1CCCCCC1=O)NCc1cccs1. The van der Waals surface area contributed by atoms with Crippen molar-refractivity contribution in [2.24, 2.45) is 0 Å². The molecule has 1 aliphatic heterocycles. The van der Waals surface area contributed by atoms with Gasteiger partial charge in [-0.3, -0.25) is 9.59 Å². The van der Waals surface area contributed by atoms with Gasteiger partial charge in [-0.05, 0) is 24.3 Å². The lowest BCUT2D eigenvalue weighted by molar-refractivity contribution is -0.135. The van der Waals surface area contributed by atoms with Crippen molar-refractivity contribution < 1.29 is 9.59 Å². The van der Waals surface area contributed by atoms with Crippen LogP contribution in [-0.2, 0) is 16.1 Å². The first-order valence-electron chi connectivity index (χ1n) is 6.32. The van der Waals surface area contributed by atoms with Gasteiger partial charge >= 0.3 is 0 Å². The molecule has 2 rings (SSSR count). The lowest BCUT2D eigenvalue weighted by Crippen LogP contribution is -2.40. The zero-order valence-corrected chi connectivity index (χ0v) is 11.2. The fraction of sp³-hybridized carbons (Fsp3) is 0.538. The third-order valence-electron chi connectivity index (χ3n) is 3.05. The van der Waals surface area contributed by atoms with E-state index in [-0.39, 0.29) is 18.4 Å². The number of hydrogen-bond acceptors (Lipinski definition) is 3. The normalized spacial score (nSPS) is 16.4. The minimum atomic E-state index is -0.0707. The molecule has 2 heterocycles. The molecule has 98 valence electrons. The molecule has 0 aliphatic carbocycles. The number of carbonyl (C=O) groups is 2. The van der Waals surface area contributed by atoms with Crippen LogP contribution in [0.4, 0.5) is 0 Å². The van der Waals surface area contributed by atoms with Crippen LogP contribution in [0.25, 0.3) is 0 Å². The van der Waals surface area contributed by atoms with Crippen LogP contribution in [0.3, 0.4) is 0 Å². The van der Waals surface area contributed by atoms with Crippen molar-refractivity contribution in [1.82, 2.24) is 10.2 Å². The maximum absolute atomic E-state index is 11.8. The summed E-state index contributed by atoms with van der Waals surface area (Å²) in [4.78, 5) is 26.3. The first-order valence-corrected chi connectivity index (χ1v) is 7.20. The fourth-order valence-electron chi connectivity index (χ4n) is 2.03. The molecule has 1 fully saturated rings. The van der Waals surface area contributed by atoms with Crippen LogP contribution in [0.5, 0.6) is 0 Å². The van der Waals surface area contributed by atoms with Gasteiger partial charge in [0, 0.05) is 17.8 Å². The molecule has 0 unspecified atom stereocenters. The van der Waals surface area contributed by atoms with E-state index in [9.17, 15) is 9.59 Å². The second-order valence-electron chi connectivity index (χ2n) is 4.48. The van der Waals surface area contributed by atoms with Crippen LogP contribution < -0.4 is 5.32 Å². The molecule has 1 aromatic heterocycles. The van der Waals surface area contributed by atoms with Crippen LogP contribution in [0.15, 0.2) is 17.5 Å². The summed E-state index contributed by atoms with van der Waals surface area (Å²) in [7, 11) is 0. The summed E-state index contributed by atoms with van der Waals surface area (Å²) in [5.74, 6) is 0.0393. The summed E-state index contributed by atoms with van der Waals surface area (Å²) in [6.45, 7) is 1.47. The second kappa shape index (κ2) is 6.54. The van der Waals surface area contributed by atoms with Gasteiger partial charge in [-0.25, -0.2) is 0 Å². The Hall–Kier alpha value is -1.36. The standard InChI is InChI=1S/C13H18N2O2S/c16-12(14-9-11-5-4-8-18-11)10-15-7-3-1-2-6-13(15)17/h4-5,8H,1-3,6-7,9-10H2,(H,14,16). The van der Waals surface area contributed by atoms with Gasteiger partial charge in [-0.2, -0.15) is 0 Å². The van der Waals surface area contributed by atoms with Gasteiger partial charge in [0.25, 0.3) is 0 Å². The van der Waals surface area contributed by atoms with E-state index in [1.165, 1.54) is 0 Å². The zero-order valence-electron chi connectivity index (χ0n) is 10.4. The van der Waals surface area contributed by atoms with E-state index in [2.05, 4.69) is 5.32 Å². The summed E-state index contributed by atoms with van der Waals surface area (Å²) < 4.78 is 0. The third-order valence-corrected chi connectivity index (χ3v) is 3.92. The molecule has 0 saturated carbocycles. The number of hydrogen-bond donors (Lipinski definition) is 1. The van der Waals surface area contributed by atoms with Crippen LogP contribution in [-0.4, -0.2) is 29.8 Å². The van der Waals surface area contributed by atoms with Crippen molar-refractivity contribution in [3.05, 3.63) is 22.4 Å². The van der Waals surface area contributed by atoms with Crippen molar-refractivity contribution in [2.45, 2.75) is 32.2 Å². The number of likely N-dealkylation sites (tertiary alicyclic amines) is 1. The van der Waals surface area contributed by atoms with E-state index in [0.717, 1.165) is 24.1 Å². The van der Waals surface area contributed by atoms with Crippen molar-refractivity contribution in [2.75, 3.05) is 13.1 Å². The Morgan fingerprint density at radius 3 is 3.06 bits per heavy atom. The molecular formula is C13H18N2O2S. The third kappa shape index (κ3) is 3.84. The van der Waals surface area contributed by atoms with Crippen LogP contribution in [0.1, 0.15) is 30.6 Å². The van der Waals surface area contributed by atoms with Gasteiger partial charge in [0.2, 0.25) is 11.8 Å². The number of carbonyl (C=O) groups excluding carboxylic acids is 2. The average Bonchev–Trinajstić information content (AvgIpc) is 2.80. The van der Waals surface area contributed by atoms with E-state index in [1.54, 1.807) is 16.2 Å². The number of thiophene rings is 1. The van der Waals surface area contributed by atoms with Crippen molar-refractivity contribution in [3.63, 3.8) is 0 Å². The first kappa shape index (κ1) is 13.1. The molecule has 1 aromatic rings. The second-order valence-corrected chi connectivity index (χ2v) is 5.51. The highest BCUT2D eigenvalue weighted by Gasteiger charge is 2.18. The maximum Gasteiger partial charge on any atom is 0.239 e. The molecule has 2 amide bonds. The first-order chi connectivity index (χ1) is 8.75. The summed E-state index contributed by atoms with van der Waals surface area (Å²) in [6.07, 6.45) is 3.62. The Morgan fingerprint density at radius 1 is 1.39 bits per heavy atom. The van der Waals surface area contributed by atoms with Crippen molar-refractivity contribution in [1.29, 1.82) is 0 Å². The molecule has 0 atom stereocenters. The molecule has 0 radical (unpaired) electrons. The molecule has 0 bridgehead atoms. The molecular weight excluding hydrogens is 248 g/mol. The van der Waals surface area contributed by atoms with E-state index >= 15 is 0 Å². The van der Waals surface area contributed by atoms with Gasteiger partial charge in [-0.1, -0.05) is 12.5 Å². The molecule has 5 heteroatoms. The lowest BCUT2D eigenvalue weighted by atomic mass is 10.2. The summed E-state index contributed by atoms with van der Waals surface area (Å²) in [5, 5.41) is 4.84. The summed E-state index contributed by atoms with van der Waals surface area (Å²) in [6, 6.07) is 3.95. The smallest absolute Gasteiger partial charge is 0.239 e. The largest absolute Gasteiger partial charge is 0.350 e. The van der Waals surface area contributed by atoms with Gasteiger partial charge in [0.1, 0.15) is 0 Å². The Balaban J connectivity index is 1.77. The van der Waals surface area contributed by atoms with Crippen LogP contribution in [0, 0.1) is 0 Å². The van der Waals surface area contributed by atoms with E-state index in [0.29, 0.717) is 19.5 Å². The molecule has 1 N–H and O–H groups in total. The van der Waals surface area contributed by atoms with Crippen LogP contribution in [0.2, 0.25) is 0 Å². The quantitative estimate of drug-likeness (QED) is 0.903. The highest BCUT2D eigenvalue weighted by Crippen LogP contribution is 2.11. The fourth-order valence-corrected chi connectivity index (χ4v) is 2.68. The predicted octanol–water partition coefficient (Wildman–Crippen LogP) is 1.77. The molecule has 1 aliphatic rings. The van der Waals surface area contributed by atoms with Gasteiger partial charge < -0.3 is 10.2 Å². The minimum absolute atomic E-state index is 0.0707. The Bertz CT molecular complexity index is 403. The highest BCUT2D eigenvalue weighted by atomic mass is 32.1. The maximum atomic E-state index is 11.8. The van der Waals surface area contributed by atoms with Crippen LogP contribution >= 0.6 is 11.3 Å². The Morgan fingerprint density at radius 2 is 2.28 bits per heavy atom. The molecule has 0 aromatic carbocycles. The zero-order chi connectivity index (χ0) is 12.8. The van der Waals surface area contributed by atoms with Crippen molar-refractivity contribution >= 4 is 23.2 Å². The van der Waals surface area contributed by atoms with E-state index in [1.807, 2.05) is 17.5 Å². The number of nitrogens with one attached hydrogen (secondary N) is 1. The van der Waals surface area contributed by atoms with Crippen molar-refractivity contribution in [3.8, 4) is 0 Å². The molecule has 0 spiro atoms. The molecule has 18 heavy (non-hydrogen) atoms. The molecule has 1 saturated heterocycles. The lowest BCUT2D eigenvalue weighted by Gasteiger charge is -2.19. The predicted molar refractivity (Wildman–Crippen MR) is 71.2 cm³/mol. The van der Waals surface area contributed by atoms with E-state index in [4.69, 9.17) is 0 Å². The Labute approximate surface area is 111 Å². The number of nitrogens with zero attached hydrogens (tertiary/aromatic N) is 1. The highest BCUT2D eigenvalue weighted by molar-refractivity contribution is 7.09. The number of rotatable bonds is 4. The van der Waals surface area contributed by atoms with Gasteiger partial charge in [0.15, 0.2) is 0 Å². The van der Waals surface area contributed by atoms with Gasteiger partial charge in [-0.15, -0.1) is 11.3 Å². The summed E-state index contributed by atoms with van der Waals surface area (Å²) >= 11 is 1.62. The van der Waals surface area contributed by atoms with Gasteiger partial charge in [0.05, 0.1) is 13.1 Å². The van der Waals surface area contributed by atoms with E-state index < -0.39 is 0 Å². The number of amides is 2. The summed E-state index contributed by atoms with van der Waals surface area (Å²) in [5.41, 5.74) is 0. The monoisotopic (exact) mass is 266 g/mol. The molecule has 4 nitrogen and oxygen atoms in total. The minimum Gasteiger partial charge on any atom is -0.350 e.